The second kappa shape index (κ2) is 7.46. The Morgan fingerprint density at radius 1 is 1.57 bits per heavy atom. The Bertz CT molecular complexity index is 505. The smallest absolute Gasteiger partial charge is 0.235 e. The second-order valence-corrected chi connectivity index (χ2v) is 5.99. The lowest BCUT2D eigenvalue weighted by atomic mass is 10.2. The molecular weight excluding hydrogens is 292 g/mol. The topological polar surface area (TPSA) is 87.5 Å². The van der Waals surface area contributed by atoms with Crippen molar-refractivity contribution in [1.29, 1.82) is 0 Å². The number of carbonyl (C=O) groups is 2. The van der Waals surface area contributed by atoms with E-state index < -0.39 is 0 Å². The fraction of sp³-hybridized carbons (Fsp3) is 0.615. The zero-order valence-corrected chi connectivity index (χ0v) is 13.0. The molecule has 1 aliphatic heterocycles. The zero-order valence-electron chi connectivity index (χ0n) is 12.2. The first-order chi connectivity index (χ1) is 10.1. The van der Waals surface area contributed by atoms with E-state index in [4.69, 9.17) is 4.52 Å². The predicted molar refractivity (Wildman–Crippen MR) is 81.2 cm³/mol. The van der Waals surface area contributed by atoms with Crippen LogP contribution >= 0.6 is 11.8 Å². The number of aryl methyl sites for hydroxylation is 1. The summed E-state index contributed by atoms with van der Waals surface area (Å²) in [6.45, 7) is 6.15. The van der Waals surface area contributed by atoms with E-state index in [2.05, 4.69) is 15.8 Å². The molecule has 1 unspecified atom stereocenters. The van der Waals surface area contributed by atoms with Crippen LogP contribution in [-0.2, 0) is 9.59 Å². The molecule has 0 radical (unpaired) electrons. The molecule has 0 aromatic carbocycles. The number of hydrogen-bond donors (Lipinski definition) is 2. The van der Waals surface area contributed by atoms with Crippen LogP contribution in [0.1, 0.15) is 12.7 Å². The Morgan fingerprint density at radius 3 is 3.05 bits per heavy atom. The Balaban J connectivity index is 1.68. The molecular formula is C13H20N4O3S. The van der Waals surface area contributed by atoms with Crippen molar-refractivity contribution in [2.45, 2.75) is 19.9 Å². The summed E-state index contributed by atoms with van der Waals surface area (Å²) < 4.78 is 4.86. The largest absolute Gasteiger partial charge is 0.360 e. The summed E-state index contributed by atoms with van der Waals surface area (Å²) in [6, 6.07) is 1.86. The van der Waals surface area contributed by atoms with Gasteiger partial charge in [0.1, 0.15) is 5.76 Å². The summed E-state index contributed by atoms with van der Waals surface area (Å²) in [5.74, 6) is 1.47. The molecule has 2 amide bonds. The van der Waals surface area contributed by atoms with Gasteiger partial charge >= 0.3 is 0 Å². The molecule has 1 fully saturated rings. The van der Waals surface area contributed by atoms with Gasteiger partial charge in [0.05, 0.1) is 11.5 Å². The SMILES string of the molecule is Cc1cc(NC(=O)CSCC(=O)N2CCNCC2C)no1. The number of hydrogen-bond acceptors (Lipinski definition) is 6. The summed E-state index contributed by atoms with van der Waals surface area (Å²) in [4.78, 5) is 25.6. The Kier molecular flexibility index (Phi) is 5.63. The first-order valence-corrected chi connectivity index (χ1v) is 8.03. The fourth-order valence-corrected chi connectivity index (χ4v) is 2.83. The minimum absolute atomic E-state index is 0.0825. The summed E-state index contributed by atoms with van der Waals surface area (Å²) in [6.07, 6.45) is 0. The lowest BCUT2D eigenvalue weighted by Crippen LogP contribution is -2.52. The van der Waals surface area contributed by atoms with Crippen LogP contribution in [0.3, 0.4) is 0 Å². The van der Waals surface area contributed by atoms with E-state index in [0.29, 0.717) is 17.3 Å². The van der Waals surface area contributed by atoms with Gasteiger partial charge in [-0.2, -0.15) is 0 Å². The summed E-state index contributed by atoms with van der Waals surface area (Å²) in [7, 11) is 0. The van der Waals surface area contributed by atoms with Gasteiger partial charge in [-0.3, -0.25) is 9.59 Å². The Morgan fingerprint density at radius 2 is 2.38 bits per heavy atom. The number of piperazine rings is 1. The van der Waals surface area contributed by atoms with Crippen LogP contribution in [0.5, 0.6) is 0 Å². The first kappa shape index (κ1) is 15.8. The molecule has 21 heavy (non-hydrogen) atoms. The van der Waals surface area contributed by atoms with Crippen molar-refractivity contribution in [3.63, 3.8) is 0 Å². The van der Waals surface area contributed by atoms with Crippen LogP contribution in [0.2, 0.25) is 0 Å². The van der Waals surface area contributed by atoms with Crippen LogP contribution in [0.25, 0.3) is 0 Å². The molecule has 0 spiro atoms. The minimum atomic E-state index is -0.186. The lowest BCUT2D eigenvalue weighted by Gasteiger charge is -2.33. The number of anilines is 1. The number of rotatable bonds is 5. The van der Waals surface area contributed by atoms with Crippen molar-refractivity contribution in [2.75, 3.05) is 36.5 Å². The summed E-state index contributed by atoms with van der Waals surface area (Å²) >= 11 is 1.31. The molecule has 0 saturated carbocycles. The number of nitrogens with one attached hydrogen (secondary N) is 2. The van der Waals surface area contributed by atoms with Crippen molar-refractivity contribution in [1.82, 2.24) is 15.4 Å². The van der Waals surface area contributed by atoms with Gasteiger partial charge in [-0.25, -0.2) is 0 Å². The van der Waals surface area contributed by atoms with E-state index >= 15 is 0 Å². The Labute approximate surface area is 127 Å². The maximum atomic E-state index is 12.1. The highest BCUT2D eigenvalue weighted by Crippen LogP contribution is 2.10. The van der Waals surface area contributed by atoms with Crippen LogP contribution in [0.15, 0.2) is 10.6 Å². The molecule has 0 aliphatic carbocycles. The normalized spacial score (nSPS) is 18.6. The van der Waals surface area contributed by atoms with Gasteiger partial charge < -0.3 is 20.1 Å². The number of carbonyl (C=O) groups excluding carboxylic acids is 2. The number of thioether (sulfide) groups is 1. The Hall–Kier alpha value is -1.54. The number of aromatic nitrogens is 1. The monoisotopic (exact) mass is 312 g/mol. The highest BCUT2D eigenvalue weighted by molar-refractivity contribution is 8.00. The van der Waals surface area contributed by atoms with Gasteiger partial charge in [-0.1, -0.05) is 5.16 Å². The number of amides is 2. The van der Waals surface area contributed by atoms with E-state index in [1.807, 2.05) is 11.8 Å². The lowest BCUT2D eigenvalue weighted by molar-refractivity contribution is -0.131. The average Bonchev–Trinajstić information content (AvgIpc) is 2.84. The van der Waals surface area contributed by atoms with Crippen molar-refractivity contribution in [3.8, 4) is 0 Å². The third-order valence-corrected chi connectivity index (χ3v) is 4.09. The second-order valence-electron chi connectivity index (χ2n) is 5.00. The van der Waals surface area contributed by atoms with E-state index in [-0.39, 0.29) is 23.6 Å². The molecule has 0 bridgehead atoms. The van der Waals surface area contributed by atoms with Gasteiger partial charge in [0, 0.05) is 31.7 Å². The molecule has 1 aromatic heterocycles. The van der Waals surface area contributed by atoms with Gasteiger partial charge in [0.25, 0.3) is 0 Å². The third-order valence-electron chi connectivity index (χ3n) is 3.18. The minimum Gasteiger partial charge on any atom is -0.360 e. The highest BCUT2D eigenvalue weighted by Gasteiger charge is 2.22. The molecule has 1 saturated heterocycles. The average molecular weight is 312 g/mol. The maximum Gasteiger partial charge on any atom is 0.235 e. The number of nitrogens with zero attached hydrogens (tertiary/aromatic N) is 2. The van der Waals surface area contributed by atoms with E-state index in [1.165, 1.54) is 11.8 Å². The van der Waals surface area contributed by atoms with Gasteiger partial charge in [0.15, 0.2) is 5.82 Å². The van der Waals surface area contributed by atoms with Gasteiger partial charge in [-0.15, -0.1) is 11.8 Å². The molecule has 1 atom stereocenters. The quantitative estimate of drug-likeness (QED) is 0.822. The van der Waals surface area contributed by atoms with Crippen molar-refractivity contribution in [3.05, 3.63) is 11.8 Å². The first-order valence-electron chi connectivity index (χ1n) is 6.87. The molecule has 1 aromatic rings. The summed E-state index contributed by atoms with van der Waals surface area (Å²) in [5, 5.41) is 9.55. The van der Waals surface area contributed by atoms with Gasteiger partial charge in [0.2, 0.25) is 11.8 Å². The molecule has 8 heteroatoms. The maximum absolute atomic E-state index is 12.1. The zero-order chi connectivity index (χ0) is 15.2. The van der Waals surface area contributed by atoms with Crippen LogP contribution in [0.4, 0.5) is 5.82 Å². The molecule has 2 N–H and O–H groups in total. The van der Waals surface area contributed by atoms with Gasteiger partial charge in [-0.05, 0) is 13.8 Å². The standard InChI is InChI=1S/C13H20N4O3S/c1-9-6-14-3-4-17(9)13(19)8-21-7-12(18)15-11-5-10(2)20-16-11/h5,9,14H,3-4,6-8H2,1-2H3,(H,15,16,18). The summed E-state index contributed by atoms with van der Waals surface area (Å²) in [5.41, 5.74) is 0. The molecule has 7 nitrogen and oxygen atoms in total. The molecule has 116 valence electrons. The molecule has 2 rings (SSSR count). The van der Waals surface area contributed by atoms with Crippen molar-refractivity contribution in [2.24, 2.45) is 0 Å². The molecule has 1 aliphatic rings. The van der Waals surface area contributed by atoms with E-state index in [1.54, 1.807) is 13.0 Å². The van der Waals surface area contributed by atoms with Crippen LogP contribution in [-0.4, -0.2) is 59.1 Å². The molecule has 2 heterocycles. The fourth-order valence-electron chi connectivity index (χ4n) is 2.13. The third kappa shape index (κ3) is 4.75. The van der Waals surface area contributed by atoms with E-state index in [9.17, 15) is 9.59 Å². The van der Waals surface area contributed by atoms with Crippen molar-refractivity contribution < 1.29 is 14.1 Å². The highest BCUT2D eigenvalue weighted by atomic mass is 32.2. The van der Waals surface area contributed by atoms with Crippen LogP contribution in [0, 0.1) is 6.92 Å². The predicted octanol–water partition coefficient (Wildman–Crippen LogP) is 0.475. The van der Waals surface area contributed by atoms with Crippen LogP contribution < -0.4 is 10.6 Å². The van der Waals surface area contributed by atoms with E-state index in [0.717, 1.165) is 19.6 Å². The van der Waals surface area contributed by atoms with Crippen molar-refractivity contribution >= 4 is 29.4 Å².